The highest BCUT2D eigenvalue weighted by molar-refractivity contribution is 7.91. The monoisotopic (exact) mass is 158 g/mol. The summed E-state index contributed by atoms with van der Waals surface area (Å²) >= 11 is -0.639. The number of hydrogen-bond acceptors (Lipinski definition) is 1. The Bertz CT molecular complexity index is 151. The summed E-state index contributed by atoms with van der Waals surface area (Å²) in [5, 5.41) is 0. The molecule has 0 radical (unpaired) electrons. The summed E-state index contributed by atoms with van der Waals surface area (Å²) in [5.41, 5.74) is 1.37. The van der Waals surface area contributed by atoms with E-state index in [4.69, 9.17) is 0 Å². The molecule has 1 saturated heterocycles. The molecular weight excluding hydrogens is 144 g/mol. The van der Waals surface area contributed by atoms with Gasteiger partial charge in [0.15, 0.2) is 0 Å². The van der Waals surface area contributed by atoms with Gasteiger partial charge < -0.3 is 4.55 Å². The van der Waals surface area contributed by atoms with Crippen molar-refractivity contribution in [3.05, 3.63) is 12.2 Å². The number of rotatable bonds is 0. The first-order valence-corrected chi connectivity index (χ1v) is 5.00. The van der Waals surface area contributed by atoms with E-state index < -0.39 is 11.2 Å². The van der Waals surface area contributed by atoms with Gasteiger partial charge in [0.05, 0.1) is 0 Å². The molecule has 1 aliphatic rings. The van der Waals surface area contributed by atoms with E-state index in [0.717, 1.165) is 23.5 Å². The van der Waals surface area contributed by atoms with E-state index in [-0.39, 0.29) is 5.41 Å². The SMILES string of the molecule is C=C1C[S+]([O-])CC(C)(C)C1. The Morgan fingerprint density at radius 3 is 2.60 bits per heavy atom. The van der Waals surface area contributed by atoms with Crippen molar-refractivity contribution in [2.75, 3.05) is 11.5 Å². The van der Waals surface area contributed by atoms with Crippen LogP contribution in [0.15, 0.2) is 12.2 Å². The van der Waals surface area contributed by atoms with Crippen molar-refractivity contribution in [1.29, 1.82) is 0 Å². The molecule has 10 heavy (non-hydrogen) atoms. The topological polar surface area (TPSA) is 23.1 Å². The summed E-state index contributed by atoms with van der Waals surface area (Å²) in [6.07, 6.45) is 1.04. The van der Waals surface area contributed by atoms with Crippen LogP contribution in [0.3, 0.4) is 0 Å². The molecule has 0 aromatic rings. The Morgan fingerprint density at radius 1 is 1.60 bits per heavy atom. The van der Waals surface area contributed by atoms with Crippen LogP contribution in [0, 0.1) is 5.41 Å². The molecule has 1 aliphatic heterocycles. The standard InChI is InChI=1S/C8H14OS/c1-7-4-8(2,3)6-10(9)5-7/h1,4-6H2,2-3H3. The average molecular weight is 158 g/mol. The van der Waals surface area contributed by atoms with Crippen LogP contribution >= 0.6 is 0 Å². The number of hydrogen-bond donors (Lipinski definition) is 0. The second-order valence-electron chi connectivity index (χ2n) is 3.82. The predicted molar refractivity (Wildman–Crippen MR) is 45.4 cm³/mol. The summed E-state index contributed by atoms with van der Waals surface area (Å²) in [7, 11) is 0. The maximum absolute atomic E-state index is 11.1. The molecule has 0 N–H and O–H groups in total. The Kier molecular flexibility index (Phi) is 2.11. The zero-order chi connectivity index (χ0) is 7.78. The van der Waals surface area contributed by atoms with Crippen LogP contribution in [0.4, 0.5) is 0 Å². The molecule has 0 saturated carbocycles. The van der Waals surface area contributed by atoms with Crippen LogP contribution in [-0.2, 0) is 11.2 Å². The molecule has 1 unspecified atom stereocenters. The van der Waals surface area contributed by atoms with Gasteiger partial charge in [-0.3, -0.25) is 0 Å². The molecule has 0 aliphatic carbocycles. The molecule has 2 heteroatoms. The molecule has 0 aromatic carbocycles. The van der Waals surface area contributed by atoms with E-state index in [9.17, 15) is 4.55 Å². The predicted octanol–water partition coefficient (Wildman–Crippen LogP) is 1.72. The molecule has 1 atom stereocenters. The van der Waals surface area contributed by atoms with Gasteiger partial charge in [-0.15, -0.1) is 0 Å². The van der Waals surface area contributed by atoms with Crippen LogP contribution in [0.5, 0.6) is 0 Å². The maximum atomic E-state index is 11.1. The summed E-state index contributed by atoms with van der Waals surface area (Å²) in [4.78, 5) is 0. The van der Waals surface area contributed by atoms with Gasteiger partial charge in [0.2, 0.25) is 0 Å². The minimum absolute atomic E-state index is 0.222. The van der Waals surface area contributed by atoms with Crippen molar-refractivity contribution in [2.24, 2.45) is 5.41 Å². The van der Waals surface area contributed by atoms with Crippen LogP contribution in [-0.4, -0.2) is 16.1 Å². The van der Waals surface area contributed by atoms with E-state index >= 15 is 0 Å². The third-order valence-corrected chi connectivity index (χ3v) is 3.48. The zero-order valence-corrected chi connectivity index (χ0v) is 7.46. The second kappa shape index (κ2) is 2.59. The fraction of sp³-hybridized carbons (Fsp3) is 0.750. The van der Waals surface area contributed by atoms with Crippen molar-refractivity contribution in [3.8, 4) is 0 Å². The zero-order valence-electron chi connectivity index (χ0n) is 6.64. The summed E-state index contributed by atoms with van der Waals surface area (Å²) in [6, 6.07) is 0. The third kappa shape index (κ3) is 2.03. The molecule has 0 bridgehead atoms. The van der Waals surface area contributed by atoms with Gasteiger partial charge >= 0.3 is 0 Å². The van der Waals surface area contributed by atoms with Crippen molar-refractivity contribution in [2.45, 2.75) is 20.3 Å². The molecule has 1 rings (SSSR count). The van der Waals surface area contributed by atoms with Gasteiger partial charge in [0.1, 0.15) is 11.5 Å². The molecular formula is C8H14OS. The first-order chi connectivity index (χ1) is 4.49. The van der Waals surface area contributed by atoms with Gasteiger partial charge in [-0.05, 0) is 23.2 Å². The van der Waals surface area contributed by atoms with Crippen molar-refractivity contribution < 1.29 is 4.55 Å². The molecule has 0 amide bonds. The van der Waals surface area contributed by atoms with E-state index in [2.05, 4.69) is 20.4 Å². The van der Waals surface area contributed by atoms with Crippen molar-refractivity contribution in [1.82, 2.24) is 0 Å². The Balaban J connectivity index is 2.59. The average Bonchev–Trinajstić information content (AvgIpc) is 1.54. The summed E-state index contributed by atoms with van der Waals surface area (Å²) in [6.45, 7) is 8.16. The first kappa shape index (κ1) is 8.15. The van der Waals surface area contributed by atoms with Gasteiger partial charge in [-0.1, -0.05) is 20.4 Å². The van der Waals surface area contributed by atoms with Gasteiger partial charge in [-0.2, -0.15) is 0 Å². The van der Waals surface area contributed by atoms with Crippen LogP contribution in [0.2, 0.25) is 0 Å². The minimum atomic E-state index is -0.639. The van der Waals surface area contributed by atoms with E-state index in [1.54, 1.807) is 0 Å². The highest BCUT2D eigenvalue weighted by Crippen LogP contribution is 2.32. The van der Waals surface area contributed by atoms with Crippen LogP contribution < -0.4 is 0 Å². The fourth-order valence-electron chi connectivity index (χ4n) is 1.49. The lowest BCUT2D eigenvalue weighted by Crippen LogP contribution is -2.32. The fourth-order valence-corrected chi connectivity index (χ4v) is 3.13. The van der Waals surface area contributed by atoms with E-state index in [1.807, 2.05) is 0 Å². The molecule has 1 fully saturated rings. The summed E-state index contributed by atoms with van der Waals surface area (Å²) < 4.78 is 11.1. The minimum Gasteiger partial charge on any atom is -0.616 e. The largest absolute Gasteiger partial charge is 0.616 e. The second-order valence-corrected chi connectivity index (χ2v) is 5.28. The van der Waals surface area contributed by atoms with Crippen LogP contribution in [0.1, 0.15) is 20.3 Å². The Morgan fingerprint density at radius 2 is 2.20 bits per heavy atom. The molecule has 58 valence electrons. The van der Waals surface area contributed by atoms with E-state index in [0.29, 0.717) is 0 Å². The molecule has 0 spiro atoms. The molecule has 1 heterocycles. The Hall–Kier alpha value is 0.0500. The lowest BCUT2D eigenvalue weighted by atomic mass is 9.88. The lowest BCUT2D eigenvalue weighted by Gasteiger charge is -2.31. The maximum Gasteiger partial charge on any atom is 0.126 e. The molecule has 0 aromatic heterocycles. The van der Waals surface area contributed by atoms with Crippen molar-refractivity contribution >= 4 is 11.2 Å². The van der Waals surface area contributed by atoms with E-state index in [1.165, 1.54) is 0 Å². The lowest BCUT2D eigenvalue weighted by molar-refractivity contribution is 0.398. The Labute approximate surface area is 65.7 Å². The van der Waals surface area contributed by atoms with Crippen LogP contribution in [0.25, 0.3) is 0 Å². The summed E-state index contributed by atoms with van der Waals surface area (Å²) in [5.74, 6) is 1.56. The van der Waals surface area contributed by atoms with Crippen molar-refractivity contribution in [3.63, 3.8) is 0 Å². The molecule has 1 nitrogen and oxygen atoms in total. The smallest absolute Gasteiger partial charge is 0.126 e. The highest BCUT2D eigenvalue weighted by Gasteiger charge is 2.31. The van der Waals surface area contributed by atoms with Gasteiger partial charge in [-0.25, -0.2) is 0 Å². The van der Waals surface area contributed by atoms with Gasteiger partial charge in [0, 0.05) is 5.41 Å². The third-order valence-electron chi connectivity index (χ3n) is 1.65. The first-order valence-electron chi connectivity index (χ1n) is 3.51. The van der Waals surface area contributed by atoms with Gasteiger partial charge in [0.25, 0.3) is 0 Å². The highest BCUT2D eigenvalue weighted by atomic mass is 32.2. The quantitative estimate of drug-likeness (QED) is 0.389. The normalized spacial score (nSPS) is 32.3.